The van der Waals surface area contributed by atoms with Crippen LogP contribution in [0.5, 0.6) is 0 Å². The Kier molecular flexibility index (Phi) is 5.63. The number of hydrogen-bond acceptors (Lipinski definition) is 3. The maximum absolute atomic E-state index is 11.4. The average Bonchev–Trinajstić information content (AvgIpc) is 2.37. The van der Waals surface area contributed by atoms with Crippen molar-refractivity contribution in [1.29, 1.82) is 0 Å². The lowest BCUT2D eigenvalue weighted by Gasteiger charge is -2.09. The Morgan fingerprint density at radius 2 is 2.00 bits per heavy atom. The van der Waals surface area contributed by atoms with Gasteiger partial charge in [0.25, 0.3) is 0 Å². The van der Waals surface area contributed by atoms with Crippen LogP contribution in [0.4, 0.5) is 4.79 Å². The summed E-state index contributed by atoms with van der Waals surface area (Å²) < 4.78 is 0. The smallest absolute Gasteiger partial charge is 0.315 e. The number of carbonyl (C=O) groups is 2. The zero-order valence-electron chi connectivity index (χ0n) is 10.2. The summed E-state index contributed by atoms with van der Waals surface area (Å²) in [5.41, 5.74) is 0.957. The van der Waals surface area contributed by atoms with Crippen molar-refractivity contribution in [3.8, 4) is 0 Å². The number of carboxylic acid groups (broad SMARTS) is 1. The van der Waals surface area contributed by atoms with Crippen LogP contribution in [0.3, 0.4) is 0 Å². The fourth-order valence-electron chi connectivity index (χ4n) is 1.27. The summed E-state index contributed by atoms with van der Waals surface area (Å²) in [7, 11) is 0. The second-order valence-corrected chi connectivity index (χ2v) is 3.99. The number of nitrogens with zero attached hydrogens (tertiary/aromatic N) is 1. The molecular weight excluding hydrogens is 234 g/mol. The van der Waals surface area contributed by atoms with Crippen molar-refractivity contribution in [2.45, 2.75) is 19.9 Å². The Morgan fingerprint density at radius 1 is 1.33 bits per heavy atom. The first-order valence-electron chi connectivity index (χ1n) is 5.73. The number of aliphatic carboxylic acids is 1. The van der Waals surface area contributed by atoms with E-state index >= 15 is 0 Å². The molecule has 1 atom stereocenters. The molecule has 0 saturated carbocycles. The number of rotatable bonds is 6. The van der Waals surface area contributed by atoms with Crippen molar-refractivity contribution in [1.82, 2.24) is 15.6 Å². The van der Waals surface area contributed by atoms with E-state index < -0.39 is 11.9 Å². The van der Waals surface area contributed by atoms with E-state index in [1.54, 1.807) is 19.3 Å². The van der Waals surface area contributed by atoms with Gasteiger partial charge in [0.15, 0.2) is 0 Å². The summed E-state index contributed by atoms with van der Waals surface area (Å²) in [5, 5.41) is 14.0. The minimum absolute atomic E-state index is 0.301. The van der Waals surface area contributed by atoms with Crippen molar-refractivity contribution < 1.29 is 14.7 Å². The van der Waals surface area contributed by atoms with Gasteiger partial charge in [-0.2, -0.15) is 0 Å². The Bertz CT molecular complexity index is 395. The van der Waals surface area contributed by atoms with Crippen molar-refractivity contribution >= 4 is 12.0 Å². The van der Waals surface area contributed by atoms with Crippen LogP contribution in [0.1, 0.15) is 18.9 Å². The van der Waals surface area contributed by atoms with Gasteiger partial charge in [-0.15, -0.1) is 0 Å². The van der Waals surface area contributed by atoms with Gasteiger partial charge in [0.2, 0.25) is 0 Å². The largest absolute Gasteiger partial charge is 0.481 e. The van der Waals surface area contributed by atoms with Gasteiger partial charge in [0.05, 0.1) is 5.92 Å². The lowest BCUT2D eigenvalue weighted by atomic mass is 10.1. The lowest BCUT2D eigenvalue weighted by molar-refractivity contribution is -0.141. The summed E-state index contributed by atoms with van der Waals surface area (Å²) >= 11 is 0. The lowest BCUT2D eigenvalue weighted by Crippen LogP contribution is -2.36. The number of carboxylic acids is 1. The van der Waals surface area contributed by atoms with Crippen LogP contribution < -0.4 is 10.6 Å². The van der Waals surface area contributed by atoms with E-state index in [9.17, 15) is 9.59 Å². The number of pyridine rings is 1. The van der Waals surface area contributed by atoms with Crippen molar-refractivity contribution in [3.05, 3.63) is 30.1 Å². The van der Waals surface area contributed by atoms with E-state index in [0.717, 1.165) is 5.56 Å². The first kappa shape index (κ1) is 14.0. The van der Waals surface area contributed by atoms with E-state index in [-0.39, 0.29) is 6.03 Å². The Morgan fingerprint density at radius 3 is 2.61 bits per heavy atom. The topological polar surface area (TPSA) is 91.3 Å². The molecule has 2 amide bonds. The summed E-state index contributed by atoms with van der Waals surface area (Å²) in [6, 6.07) is 3.32. The first-order chi connectivity index (χ1) is 8.59. The van der Waals surface area contributed by atoms with Crippen molar-refractivity contribution in [2.24, 2.45) is 5.92 Å². The van der Waals surface area contributed by atoms with Crippen LogP contribution in [0, 0.1) is 5.92 Å². The molecule has 18 heavy (non-hydrogen) atoms. The molecule has 6 nitrogen and oxygen atoms in total. The van der Waals surface area contributed by atoms with E-state index in [1.807, 2.05) is 12.1 Å². The van der Waals surface area contributed by atoms with Crippen LogP contribution in [-0.2, 0) is 11.3 Å². The van der Waals surface area contributed by atoms with Crippen molar-refractivity contribution in [2.75, 3.05) is 6.54 Å². The number of carbonyl (C=O) groups excluding carboxylic acids is 1. The van der Waals surface area contributed by atoms with Gasteiger partial charge in [-0.1, -0.05) is 6.92 Å². The zero-order valence-corrected chi connectivity index (χ0v) is 10.2. The molecule has 1 heterocycles. The molecule has 0 aliphatic heterocycles. The number of nitrogens with one attached hydrogen (secondary N) is 2. The van der Waals surface area contributed by atoms with Gasteiger partial charge in [-0.3, -0.25) is 9.78 Å². The normalized spacial score (nSPS) is 11.6. The van der Waals surface area contributed by atoms with Crippen LogP contribution in [0.15, 0.2) is 24.5 Å². The number of urea groups is 1. The Labute approximate surface area is 105 Å². The second-order valence-electron chi connectivity index (χ2n) is 3.99. The summed E-state index contributed by atoms with van der Waals surface area (Å²) in [6.07, 6.45) is 3.73. The molecule has 0 aliphatic carbocycles. The predicted octanol–water partition coefficient (Wildman–Crippen LogP) is 0.992. The molecule has 1 rings (SSSR count). The molecule has 1 aromatic rings. The molecule has 6 heteroatoms. The minimum atomic E-state index is -0.853. The van der Waals surface area contributed by atoms with E-state index in [0.29, 0.717) is 19.5 Å². The van der Waals surface area contributed by atoms with Gasteiger partial charge in [-0.05, 0) is 24.1 Å². The first-order valence-corrected chi connectivity index (χ1v) is 5.73. The van der Waals surface area contributed by atoms with Crippen LogP contribution >= 0.6 is 0 Å². The Balaban J connectivity index is 2.17. The third-order valence-electron chi connectivity index (χ3n) is 2.49. The average molecular weight is 251 g/mol. The monoisotopic (exact) mass is 251 g/mol. The number of aromatic nitrogens is 1. The predicted molar refractivity (Wildman–Crippen MR) is 65.9 cm³/mol. The van der Waals surface area contributed by atoms with E-state index in [1.165, 1.54) is 0 Å². The highest BCUT2D eigenvalue weighted by atomic mass is 16.4. The van der Waals surface area contributed by atoms with E-state index in [2.05, 4.69) is 15.6 Å². The van der Waals surface area contributed by atoms with Crippen molar-refractivity contribution in [3.63, 3.8) is 0 Å². The highest BCUT2D eigenvalue weighted by Crippen LogP contribution is 1.99. The molecule has 0 fully saturated rings. The number of hydrogen-bond donors (Lipinski definition) is 3. The molecule has 1 aromatic heterocycles. The fraction of sp³-hybridized carbons (Fsp3) is 0.417. The maximum Gasteiger partial charge on any atom is 0.315 e. The summed E-state index contributed by atoms with van der Waals surface area (Å²) in [5.74, 6) is -1.31. The van der Waals surface area contributed by atoms with Gasteiger partial charge >= 0.3 is 12.0 Å². The second kappa shape index (κ2) is 7.26. The van der Waals surface area contributed by atoms with Gasteiger partial charge in [0, 0.05) is 25.5 Å². The highest BCUT2D eigenvalue weighted by molar-refractivity contribution is 5.74. The van der Waals surface area contributed by atoms with Gasteiger partial charge in [0.1, 0.15) is 0 Å². The molecule has 0 bridgehead atoms. The molecule has 1 unspecified atom stereocenters. The Hall–Kier alpha value is -2.11. The summed E-state index contributed by atoms with van der Waals surface area (Å²) in [4.78, 5) is 25.8. The molecule has 98 valence electrons. The SMILES string of the molecule is CC(CCNC(=O)NCc1ccncc1)C(=O)O. The van der Waals surface area contributed by atoms with E-state index in [4.69, 9.17) is 5.11 Å². The molecule has 0 aliphatic rings. The molecule has 0 radical (unpaired) electrons. The molecule has 3 N–H and O–H groups in total. The highest BCUT2D eigenvalue weighted by Gasteiger charge is 2.10. The molecular formula is C12H17N3O3. The van der Waals surface area contributed by atoms with Gasteiger partial charge < -0.3 is 15.7 Å². The third-order valence-corrected chi connectivity index (χ3v) is 2.49. The molecule has 0 spiro atoms. The van der Waals surface area contributed by atoms with Crippen LogP contribution in [0.25, 0.3) is 0 Å². The molecule has 0 aromatic carbocycles. The maximum atomic E-state index is 11.4. The van der Waals surface area contributed by atoms with Crippen LogP contribution in [0.2, 0.25) is 0 Å². The zero-order chi connectivity index (χ0) is 13.4. The number of amides is 2. The third kappa shape index (κ3) is 5.29. The molecule has 0 saturated heterocycles. The van der Waals surface area contributed by atoms with Gasteiger partial charge in [-0.25, -0.2) is 4.79 Å². The summed E-state index contributed by atoms with van der Waals surface area (Å²) in [6.45, 7) is 2.37. The minimum Gasteiger partial charge on any atom is -0.481 e. The standard InChI is InChI=1S/C12H17N3O3/c1-9(11(16)17)2-7-14-12(18)15-8-10-3-5-13-6-4-10/h3-6,9H,2,7-8H2,1H3,(H,16,17)(H2,14,15,18). The quantitative estimate of drug-likeness (QED) is 0.703. The fourth-order valence-corrected chi connectivity index (χ4v) is 1.27. The van der Waals surface area contributed by atoms with Crippen LogP contribution in [-0.4, -0.2) is 28.6 Å².